The van der Waals surface area contributed by atoms with E-state index in [1.807, 2.05) is 18.4 Å². The summed E-state index contributed by atoms with van der Waals surface area (Å²) in [5.74, 6) is -2.46. The van der Waals surface area contributed by atoms with Gasteiger partial charge in [-0.05, 0) is 128 Å². The number of aromatic nitrogens is 4. The lowest BCUT2D eigenvalue weighted by Crippen LogP contribution is -2.45. The van der Waals surface area contributed by atoms with E-state index in [1.165, 1.54) is 48.8 Å². The molecule has 2 aromatic carbocycles. The van der Waals surface area contributed by atoms with Gasteiger partial charge >= 0.3 is 24.2 Å². The highest BCUT2D eigenvalue weighted by atomic mass is 32.1. The number of thiophene rings is 1. The molecular formula is C45H49N7O10S. The Kier molecular flexibility index (Phi) is 12.6. The number of imide groups is 1. The minimum absolute atomic E-state index is 0.0241. The van der Waals surface area contributed by atoms with Gasteiger partial charge in [-0.1, -0.05) is 6.92 Å². The van der Waals surface area contributed by atoms with Crippen LogP contribution < -0.4 is 15.5 Å². The quantitative estimate of drug-likeness (QED) is 0.108. The maximum atomic E-state index is 14.7. The highest BCUT2D eigenvalue weighted by molar-refractivity contribution is 7.18. The first-order valence-electron chi connectivity index (χ1n) is 20.0. The summed E-state index contributed by atoms with van der Waals surface area (Å²) in [4.78, 5) is 96.6. The Balaban J connectivity index is 1.52. The lowest BCUT2D eigenvalue weighted by molar-refractivity contribution is 0.0422. The van der Waals surface area contributed by atoms with Crippen molar-refractivity contribution < 1.29 is 47.7 Å². The van der Waals surface area contributed by atoms with Crippen molar-refractivity contribution in [2.24, 2.45) is 0 Å². The van der Waals surface area contributed by atoms with Gasteiger partial charge < -0.3 is 29.6 Å². The molecule has 4 heterocycles. The first-order valence-corrected chi connectivity index (χ1v) is 20.9. The van der Waals surface area contributed by atoms with Gasteiger partial charge in [0.25, 0.3) is 11.8 Å². The van der Waals surface area contributed by atoms with Gasteiger partial charge in [0.05, 0.1) is 23.7 Å². The van der Waals surface area contributed by atoms with Crippen molar-refractivity contribution in [3.63, 3.8) is 0 Å². The Morgan fingerprint density at radius 1 is 0.762 bits per heavy atom. The fourth-order valence-corrected chi connectivity index (χ4v) is 7.18. The van der Waals surface area contributed by atoms with E-state index >= 15 is 0 Å². The van der Waals surface area contributed by atoms with Crippen LogP contribution in [0.25, 0.3) is 43.1 Å². The third-order valence-corrected chi connectivity index (χ3v) is 9.78. The topological polar surface area (TPSA) is 210 Å². The summed E-state index contributed by atoms with van der Waals surface area (Å²) < 4.78 is 23.8. The van der Waals surface area contributed by atoms with Crippen molar-refractivity contribution in [3.8, 4) is 11.1 Å². The number of anilines is 2. The zero-order valence-electron chi connectivity index (χ0n) is 36.9. The number of benzene rings is 2. The van der Waals surface area contributed by atoms with Crippen LogP contribution >= 0.6 is 11.3 Å². The van der Waals surface area contributed by atoms with Gasteiger partial charge in [0.15, 0.2) is 5.69 Å². The molecule has 0 unspecified atom stereocenters. The molecule has 6 aromatic rings. The number of pyridine rings is 2. The Morgan fingerprint density at radius 3 is 2.05 bits per heavy atom. The smallest absolute Gasteiger partial charge is 0.427 e. The summed E-state index contributed by atoms with van der Waals surface area (Å²) in [7, 11) is 1.19. The number of carbonyl (C=O) groups excluding carboxylic acids is 6. The number of methoxy groups -OCH3 is 1. The summed E-state index contributed by atoms with van der Waals surface area (Å²) in [6, 6.07) is 12.7. The van der Waals surface area contributed by atoms with Crippen LogP contribution in [0.15, 0.2) is 60.1 Å². The van der Waals surface area contributed by atoms with Crippen molar-refractivity contribution in [1.29, 1.82) is 0 Å². The third-order valence-electron chi connectivity index (χ3n) is 8.82. The number of nitrogens with zero attached hydrogens (tertiary/aromatic N) is 5. The van der Waals surface area contributed by atoms with Crippen LogP contribution in [-0.2, 0) is 18.9 Å². The number of amides is 4. The summed E-state index contributed by atoms with van der Waals surface area (Å²) in [5, 5.41) is 9.07. The van der Waals surface area contributed by atoms with Crippen molar-refractivity contribution in [1.82, 2.24) is 24.8 Å². The maximum Gasteiger partial charge on any atom is 0.427 e. The second kappa shape index (κ2) is 17.4. The molecule has 63 heavy (non-hydrogen) atoms. The summed E-state index contributed by atoms with van der Waals surface area (Å²) in [5.41, 5.74) is -1.98. The van der Waals surface area contributed by atoms with Gasteiger partial charge in [-0.15, -0.1) is 16.2 Å². The Bertz CT molecular complexity index is 2780. The average Bonchev–Trinajstić information content (AvgIpc) is 3.82. The molecule has 0 aliphatic rings. The number of ether oxygens (including phenoxy) is 4. The molecule has 4 amide bonds. The van der Waals surface area contributed by atoms with Crippen LogP contribution in [0.3, 0.4) is 0 Å². The molecule has 18 heteroatoms. The second-order valence-corrected chi connectivity index (χ2v) is 18.3. The molecule has 6 rings (SSSR count). The van der Waals surface area contributed by atoms with E-state index in [0.717, 1.165) is 14.7 Å². The number of hydrogen-bond acceptors (Lipinski definition) is 14. The van der Waals surface area contributed by atoms with Crippen LogP contribution in [0.5, 0.6) is 0 Å². The number of rotatable bonds is 8. The van der Waals surface area contributed by atoms with Crippen molar-refractivity contribution >= 4 is 91.1 Å². The maximum absolute atomic E-state index is 14.7. The average molecular weight is 880 g/mol. The van der Waals surface area contributed by atoms with Gasteiger partial charge in [0, 0.05) is 45.0 Å². The molecule has 0 spiro atoms. The third kappa shape index (κ3) is 10.2. The van der Waals surface area contributed by atoms with Gasteiger partial charge in [-0.25, -0.2) is 33.7 Å². The fourth-order valence-electron chi connectivity index (χ4n) is 6.28. The van der Waals surface area contributed by atoms with E-state index < -0.39 is 58.8 Å². The van der Waals surface area contributed by atoms with Gasteiger partial charge in [0.1, 0.15) is 22.5 Å². The van der Waals surface area contributed by atoms with Crippen molar-refractivity contribution in [2.45, 2.75) is 92.5 Å². The summed E-state index contributed by atoms with van der Waals surface area (Å²) >= 11 is 1.46. The molecule has 0 atom stereocenters. The van der Waals surface area contributed by atoms with E-state index in [-0.39, 0.29) is 44.8 Å². The number of carbonyl (C=O) groups is 6. The summed E-state index contributed by atoms with van der Waals surface area (Å²) in [6.45, 7) is 16.9. The largest absolute Gasteiger partial charge is 0.464 e. The van der Waals surface area contributed by atoms with Gasteiger partial charge in [0.2, 0.25) is 5.95 Å². The van der Waals surface area contributed by atoms with Gasteiger partial charge in [-0.2, -0.15) is 0 Å². The number of nitrogens with one attached hydrogen (secondary N) is 2. The molecule has 0 aliphatic heterocycles. The van der Waals surface area contributed by atoms with E-state index in [1.54, 1.807) is 80.6 Å². The molecule has 0 saturated carbocycles. The molecule has 0 radical (unpaired) electrons. The fraction of sp³-hybridized carbons (Fsp3) is 0.356. The monoisotopic (exact) mass is 879 g/mol. The minimum Gasteiger partial charge on any atom is -0.464 e. The lowest BCUT2D eigenvalue weighted by atomic mass is 9.94. The molecular weight excluding hydrogens is 831 g/mol. The predicted octanol–water partition coefficient (Wildman–Crippen LogP) is 9.50. The number of hydrogen-bond donors (Lipinski definition) is 2. The Labute approximate surface area is 367 Å². The first kappa shape index (κ1) is 45.6. The Morgan fingerprint density at radius 2 is 1.43 bits per heavy atom. The van der Waals surface area contributed by atoms with Crippen molar-refractivity contribution in [2.75, 3.05) is 23.9 Å². The van der Waals surface area contributed by atoms with E-state index in [4.69, 9.17) is 18.9 Å². The molecule has 0 saturated heterocycles. The predicted molar refractivity (Wildman–Crippen MR) is 239 cm³/mol. The van der Waals surface area contributed by atoms with Gasteiger partial charge in [-0.3, -0.25) is 14.6 Å². The molecule has 0 bridgehead atoms. The van der Waals surface area contributed by atoms with Crippen LogP contribution in [0.4, 0.5) is 26.0 Å². The SMILES string of the molecule is CCCNC(=O)c1ccc(-c2cc3ncc4ccsc4c3cc2C(=O)Nc2ccc3nc(N(C(=O)OC(C)(C)C)C(=O)OC(C)(C)C)n(C(=O)OC(C)(C)C)c3c2)c(C(=O)OC)n1. The number of fused-ring (bicyclic) bond motifs is 4. The van der Waals surface area contributed by atoms with E-state index in [2.05, 4.69) is 25.6 Å². The van der Waals surface area contributed by atoms with E-state index in [0.29, 0.717) is 28.8 Å². The highest BCUT2D eigenvalue weighted by Gasteiger charge is 2.38. The van der Waals surface area contributed by atoms with Crippen LogP contribution in [0, 0.1) is 0 Å². The zero-order chi connectivity index (χ0) is 46.2. The lowest BCUT2D eigenvalue weighted by Gasteiger charge is -2.28. The number of imidazole rings is 1. The molecule has 4 aromatic heterocycles. The van der Waals surface area contributed by atoms with Crippen LogP contribution in [0.1, 0.15) is 107 Å². The molecule has 0 fully saturated rings. The molecule has 330 valence electrons. The zero-order valence-corrected chi connectivity index (χ0v) is 37.7. The molecule has 2 N–H and O–H groups in total. The summed E-state index contributed by atoms with van der Waals surface area (Å²) in [6.07, 6.45) is -0.943. The normalized spacial score (nSPS) is 11.9. The van der Waals surface area contributed by atoms with E-state index in [9.17, 15) is 28.8 Å². The first-order chi connectivity index (χ1) is 29.5. The highest BCUT2D eigenvalue weighted by Crippen LogP contribution is 2.36. The van der Waals surface area contributed by atoms with Crippen LogP contribution in [0.2, 0.25) is 0 Å². The number of esters is 1. The molecule has 0 aliphatic carbocycles. The molecule has 17 nitrogen and oxygen atoms in total. The van der Waals surface area contributed by atoms with Crippen LogP contribution in [-0.4, -0.2) is 86.0 Å². The van der Waals surface area contributed by atoms with Crippen molar-refractivity contribution in [3.05, 3.63) is 77.1 Å². The second-order valence-electron chi connectivity index (χ2n) is 17.4. The minimum atomic E-state index is -1.17. The standard InChI is InChI=1S/C45H49N7O10S/c1-12-18-46-37(54)31-16-14-26(34(49-31)38(55)59-11)27-22-32-29(35-24(23-47-32)17-19-63-35)21-28(27)36(53)48-25-13-15-30-33(20-25)51(40(56)60-43(2,3)4)39(50-30)52(41(57)61-44(5,6)7)42(58)62-45(8,9)10/h13-17,19-23H,12,18H2,1-11H3,(H,46,54)(H,48,53). The Hall–Kier alpha value is -6.95.